The molecule has 100 valence electrons. The highest BCUT2D eigenvalue weighted by Crippen LogP contribution is 2.25. The molecule has 0 bridgehead atoms. The van der Waals surface area contributed by atoms with Crippen molar-refractivity contribution >= 4 is 34.9 Å². The van der Waals surface area contributed by atoms with Crippen LogP contribution in [0.3, 0.4) is 0 Å². The Morgan fingerprint density at radius 3 is 2.78 bits per heavy atom. The minimum atomic E-state index is -0.202. The molecule has 0 aliphatic rings. The lowest BCUT2D eigenvalue weighted by Crippen LogP contribution is -2.32. The van der Waals surface area contributed by atoms with Crippen LogP contribution in [0.1, 0.15) is 20.3 Å². The van der Waals surface area contributed by atoms with E-state index in [0.717, 1.165) is 6.42 Å². The number of hydrogen-bond acceptors (Lipinski definition) is 3. The Labute approximate surface area is 117 Å². The van der Waals surface area contributed by atoms with Gasteiger partial charge >= 0.3 is 0 Å². The van der Waals surface area contributed by atoms with E-state index in [9.17, 15) is 4.79 Å². The van der Waals surface area contributed by atoms with Crippen LogP contribution in [0, 0.1) is 0 Å². The van der Waals surface area contributed by atoms with Crippen molar-refractivity contribution in [1.82, 2.24) is 4.98 Å². The number of likely N-dealkylation sites (N-methyl/N-ethyl adjacent to an activating group) is 1. The molecule has 1 rings (SSSR count). The molecule has 0 aliphatic heterocycles. The first-order chi connectivity index (χ1) is 8.45. The maximum atomic E-state index is 11.9. The van der Waals surface area contributed by atoms with Crippen LogP contribution in [0.5, 0.6) is 0 Å². The summed E-state index contributed by atoms with van der Waals surface area (Å²) in [5.74, 6) is 0.172. The maximum Gasteiger partial charge on any atom is 0.253 e. The van der Waals surface area contributed by atoms with Crippen molar-refractivity contribution in [3.63, 3.8) is 0 Å². The fraction of sp³-hybridized carbons (Fsp3) is 0.500. The van der Waals surface area contributed by atoms with Gasteiger partial charge in [-0.15, -0.1) is 0 Å². The Morgan fingerprint density at radius 1 is 1.56 bits per heavy atom. The zero-order valence-corrected chi connectivity index (χ0v) is 12.1. The summed E-state index contributed by atoms with van der Waals surface area (Å²) in [6.07, 6.45) is 2.36. The number of rotatable bonds is 5. The molecule has 1 heterocycles. The number of nitrogens with zero attached hydrogens (tertiary/aromatic N) is 2. The summed E-state index contributed by atoms with van der Waals surface area (Å²) in [6.45, 7) is 3.92. The van der Waals surface area contributed by atoms with Gasteiger partial charge in [-0.3, -0.25) is 9.69 Å². The van der Waals surface area contributed by atoms with E-state index >= 15 is 0 Å². The van der Waals surface area contributed by atoms with Crippen LogP contribution in [0.25, 0.3) is 0 Å². The van der Waals surface area contributed by atoms with Crippen LogP contribution >= 0.6 is 23.2 Å². The van der Waals surface area contributed by atoms with Crippen molar-refractivity contribution < 1.29 is 9.53 Å². The number of halogens is 2. The monoisotopic (exact) mass is 290 g/mol. The van der Waals surface area contributed by atoms with Crippen molar-refractivity contribution in [2.45, 2.75) is 26.4 Å². The lowest BCUT2D eigenvalue weighted by atomic mass is 10.3. The smallest absolute Gasteiger partial charge is 0.253 e. The van der Waals surface area contributed by atoms with E-state index in [1.54, 1.807) is 13.1 Å². The van der Waals surface area contributed by atoms with E-state index in [-0.39, 0.29) is 18.6 Å². The SMILES string of the molecule is CC[C@@H](C)OCC(=O)N(C)c1ncc(Cl)cc1Cl. The fourth-order valence-corrected chi connectivity index (χ4v) is 1.71. The molecule has 0 radical (unpaired) electrons. The highest BCUT2D eigenvalue weighted by molar-refractivity contribution is 6.36. The second-order valence-electron chi connectivity index (χ2n) is 3.94. The van der Waals surface area contributed by atoms with Gasteiger partial charge in [-0.25, -0.2) is 4.98 Å². The second-order valence-corrected chi connectivity index (χ2v) is 4.79. The standard InChI is InChI=1S/C12H16Cl2N2O2/c1-4-8(2)18-7-11(17)16(3)12-10(14)5-9(13)6-15-12/h5-6,8H,4,7H2,1-3H3/t8-/m1/s1. The molecular weight excluding hydrogens is 275 g/mol. The number of amides is 1. The molecule has 18 heavy (non-hydrogen) atoms. The minimum Gasteiger partial charge on any atom is -0.369 e. The third kappa shape index (κ3) is 4.12. The van der Waals surface area contributed by atoms with Crippen LogP contribution in [0.2, 0.25) is 10.0 Å². The number of ether oxygens (including phenoxy) is 1. The quantitative estimate of drug-likeness (QED) is 0.836. The molecular formula is C12H16Cl2N2O2. The lowest BCUT2D eigenvalue weighted by molar-refractivity contribution is -0.124. The first-order valence-electron chi connectivity index (χ1n) is 5.64. The largest absolute Gasteiger partial charge is 0.369 e. The van der Waals surface area contributed by atoms with Gasteiger partial charge in [-0.2, -0.15) is 0 Å². The molecule has 0 saturated heterocycles. The molecule has 1 aromatic rings. The van der Waals surface area contributed by atoms with Gasteiger partial charge in [0.15, 0.2) is 5.82 Å². The van der Waals surface area contributed by atoms with Crippen LogP contribution in [0.15, 0.2) is 12.3 Å². The summed E-state index contributed by atoms with van der Waals surface area (Å²) >= 11 is 11.7. The Morgan fingerprint density at radius 2 is 2.22 bits per heavy atom. The summed E-state index contributed by atoms with van der Waals surface area (Å²) in [7, 11) is 1.60. The van der Waals surface area contributed by atoms with Gasteiger partial charge in [0.05, 0.1) is 16.1 Å². The number of carbonyl (C=O) groups is 1. The second kappa shape index (κ2) is 6.92. The highest BCUT2D eigenvalue weighted by atomic mass is 35.5. The number of anilines is 1. The third-order valence-electron chi connectivity index (χ3n) is 2.55. The Hall–Kier alpha value is -0.840. The van der Waals surface area contributed by atoms with Crippen molar-refractivity contribution in [3.05, 3.63) is 22.3 Å². The summed E-state index contributed by atoms with van der Waals surface area (Å²) < 4.78 is 5.37. The average molecular weight is 291 g/mol. The first kappa shape index (κ1) is 15.2. The zero-order valence-electron chi connectivity index (χ0n) is 10.6. The average Bonchev–Trinajstić information content (AvgIpc) is 2.34. The maximum absolute atomic E-state index is 11.9. The van der Waals surface area contributed by atoms with Gasteiger partial charge in [0.1, 0.15) is 6.61 Å². The molecule has 0 spiro atoms. The van der Waals surface area contributed by atoms with Crippen molar-refractivity contribution in [3.8, 4) is 0 Å². The van der Waals surface area contributed by atoms with Gasteiger partial charge in [-0.05, 0) is 19.4 Å². The van der Waals surface area contributed by atoms with E-state index in [1.807, 2.05) is 13.8 Å². The van der Waals surface area contributed by atoms with Gasteiger partial charge in [-0.1, -0.05) is 30.1 Å². The molecule has 0 unspecified atom stereocenters. The molecule has 0 N–H and O–H groups in total. The normalized spacial score (nSPS) is 12.3. The molecule has 0 fully saturated rings. The Balaban J connectivity index is 2.68. The lowest BCUT2D eigenvalue weighted by Gasteiger charge is -2.18. The summed E-state index contributed by atoms with van der Waals surface area (Å²) in [5, 5.41) is 0.766. The summed E-state index contributed by atoms with van der Waals surface area (Å²) in [6, 6.07) is 1.55. The number of aromatic nitrogens is 1. The van der Waals surface area contributed by atoms with E-state index in [0.29, 0.717) is 15.9 Å². The van der Waals surface area contributed by atoms with Crippen LogP contribution in [-0.4, -0.2) is 30.6 Å². The van der Waals surface area contributed by atoms with Crippen LogP contribution in [-0.2, 0) is 9.53 Å². The highest BCUT2D eigenvalue weighted by Gasteiger charge is 2.16. The van der Waals surface area contributed by atoms with Crippen molar-refractivity contribution in [2.75, 3.05) is 18.6 Å². The number of hydrogen-bond donors (Lipinski definition) is 0. The Kier molecular flexibility index (Phi) is 5.85. The molecule has 1 amide bonds. The van der Waals surface area contributed by atoms with Crippen LogP contribution in [0.4, 0.5) is 5.82 Å². The zero-order chi connectivity index (χ0) is 13.7. The molecule has 1 aromatic heterocycles. The third-order valence-corrected chi connectivity index (χ3v) is 3.03. The first-order valence-corrected chi connectivity index (χ1v) is 6.40. The predicted molar refractivity (Wildman–Crippen MR) is 73.4 cm³/mol. The number of pyridine rings is 1. The van der Waals surface area contributed by atoms with E-state index in [1.165, 1.54) is 11.1 Å². The van der Waals surface area contributed by atoms with Crippen molar-refractivity contribution in [2.24, 2.45) is 0 Å². The molecule has 0 aromatic carbocycles. The molecule has 0 saturated carbocycles. The molecule has 0 aliphatic carbocycles. The topological polar surface area (TPSA) is 42.4 Å². The van der Waals surface area contributed by atoms with Gasteiger partial charge < -0.3 is 4.74 Å². The van der Waals surface area contributed by atoms with E-state index in [4.69, 9.17) is 27.9 Å². The van der Waals surface area contributed by atoms with Gasteiger partial charge in [0, 0.05) is 13.2 Å². The predicted octanol–water partition coefficient (Wildman–Crippen LogP) is 3.17. The van der Waals surface area contributed by atoms with Crippen molar-refractivity contribution in [1.29, 1.82) is 0 Å². The van der Waals surface area contributed by atoms with E-state index < -0.39 is 0 Å². The summed E-state index contributed by atoms with van der Waals surface area (Å²) in [5.41, 5.74) is 0. The van der Waals surface area contributed by atoms with Crippen LogP contribution < -0.4 is 4.90 Å². The molecule has 1 atom stereocenters. The van der Waals surface area contributed by atoms with Gasteiger partial charge in [0.25, 0.3) is 5.91 Å². The minimum absolute atomic E-state index is 0.00609. The fourth-order valence-electron chi connectivity index (χ4n) is 1.20. The van der Waals surface area contributed by atoms with E-state index in [2.05, 4.69) is 4.98 Å². The molecule has 6 heteroatoms. The number of carbonyl (C=O) groups excluding carboxylic acids is 1. The summed E-state index contributed by atoms with van der Waals surface area (Å²) in [4.78, 5) is 17.3. The Bertz CT molecular complexity index is 427. The van der Waals surface area contributed by atoms with Gasteiger partial charge in [0.2, 0.25) is 0 Å². The molecule has 4 nitrogen and oxygen atoms in total.